The quantitative estimate of drug-likeness (QED) is 0.461. The normalized spacial score (nSPS) is 15.6. The number of aliphatic carboxylic acids is 1. The average Bonchev–Trinajstić information content (AvgIpc) is 2.73. The first-order valence-electron chi connectivity index (χ1n) is 10.7. The standard InChI is InChI=1S/C24H29ClFNO5/c1-3-31-22-12-16(14-27-20(23(28)29)13-24(30-2)10-5-11-24)8-9-21(22)32-15-17-18(25)6-4-7-19(17)26/h4,6-9,12,20,27H,3,5,10-11,13-15H2,1-2H3,(H,28,29). The molecular formula is C24H29ClFNO5. The molecule has 32 heavy (non-hydrogen) atoms. The van der Waals surface area contributed by atoms with Crippen molar-refractivity contribution in [3.63, 3.8) is 0 Å². The lowest BCUT2D eigenvalue weighted by Gasteiger charge is -2.42. The Morgan fingerprint density at radius 3 is 2.62 bits per heavy atom. The Morgan fingerprint density at radius 1 is 1.25 bits per heavy atom. The monoisotopic (exact) mass is 465 g/mol. The van der Waals surface area contributed by atoms with Crippen LogP contribution in [0, 0.1) is 5.82 Å². The molecule has 0 bridgehead atoms. The maximum absolute atomic E-state index is 14.0. The number of halogens is 2. The van der Waals surface area contributed by atoms with Crippen LogP contribution in [-0.4, -0.2) is 36.4 Å². The number of carbonyl (C=O) groups is 1. The molecule has 1 saturated carbocycles. The van der Waals surface area contributed by atoms with Crippen molar-refractivity contribution in [1.29, 1.82) is 0 Å². The summed E-state index contributed by atoms with van der Waals surface area (Å²) in [6.45, 7) is 2.58. The van der Waals surface area contributed by atoms with E-state index < -0.39 is 17.8 Å². The molecule has 0 aromatic heterocycles. The van der Waals surface area contributed by atoms with E-state index in [9.17, 15) is 14.3 Å². The largest absolute Gasteiger partial charge is 0.490 e. The SMILES string of the molecule is CCOc1cc(CNC(CC2(OC)CCC2)C(=O)O)ccc1OCc1c(F)cccc1Cl. The first kappa shape index (κ1) is 24.3. The lowest BCUT2D eigenvalue weighted by molar-refractivity contribution is -0.144. The number of carboxylic acid groups (broad SMARTS) is 1. The van der Waals surface area contributed by atoms with E-state index >= 15 is 0 Å². The summed E-state index contributed by atoms with van der Waals surface area (Å²) in [5.41, 5.74) is 0.767. The molecule has 174 valence electrons. The van der Waals surface area contributed by atoms with Gasteiger partial charge >= 0.3 is 5.97 Å². The minimum absolute atomic E-state index is 0.0383. The van der Waals surface area contributed by atoms with Gasteiger partial charge in [-0.3, -0.25) is 4.79 Å². The van der Waals surface area contributed by atoms with Gasteiger partial charge in [-0.15, -0.1) is 0 Å². The number of hydrogen-bond acceptors (Lipinski definition) is 5. The van der Waals surface area contributed by atoms with Gasteiger partial charge in [0.2, 0.25) is 0 Å². The molecule has 0 saturated heterocycles. The summed E-state index contributed by atoms with van der Waals surface area (Å²) in [6, 6.07) is 9.11. The summed E-state index contributed by atoms with van der Waals surface area (Å²) in [5, 5.41) is 13.0. The Hall–Kier alpha value is -2.35. The van der Waals surface area contributed by atoms with Crippen LogP contribution in [0.15, 0.2) is 36.4 Å². The summed E-state index contributed by atoms with van der Waals surface area (Å²) in [7, 11) is 1.64. The highest BCUT2D eigenvalue weighted by molar-refractivity contribution is 6.31. The molecule has 0 radical (unpaired) electrons. The summed E-state index contributed by atoms with van der Waals surface area (Å²) in [5.74, 6) is -0.382. The van der Waals surface area contributed by atoms with E-state index in [1.54, 1.807) is 31.4 Å². The van der Waals surface area contributed by atoms with Crippen LogP contribution in [0.2, 0.25) is 5.02 Å². The smallest absolute Gasteiger partial charge is 0.320 e. The van der Waals surface area contributed by atoms with Gasteiger partial charge in [-0.2, -0.15) is 0 Å². The predicted molar refractivity (Wildman–Crippen MR) is 120 cm³/mol. The van der Waals surface area contributed by atoms with Crippen molar-refractivity contribution in [1.82, 2.24) is 5.32 Å². The Kier molecular flexibility index (Phi) is 8.34. The Labute approximate surface area is 192 Å². The van der Waals surface area contributed by atoms with Gasteiger partial charge in [-0.05, 0) is 56.0 Å². The van der Waals surface area contributed by atoms with Crippen LogP contribution in [0.3, 0.4) is 0 Å². The molecule has 1 fully saturated rings. The molecule has 1 unspecified atom stereocenters. The number of benzene rings is 2. The minimum atomic E-state index is -0.903. The molecule has 1 atom stereocenters. The van der Waals surface area contributed by atoms with Crippen molar-refractivity contribution < 1.29 is 28.5 Å². The highest BCUT2D eigenvalue weighted by Gasteiger charge is 2.40. The summed E-state index contributed by atoms with van der Waals surface area (Å²) in [4.78, 5) is 11.7. The zero-order valence-corrected chi connectivity index (χ0v) is 19.1. The molecule has 2 aromatic carbocycles. The molecule has 0 amide bonds. The zero-order valence-electron chi connectivity index (χ0n) is 18.3. The number of methoxy groups -OCH3 is 1. The van der Waals surface area contributed by atoms with Gasteiger partial charge in [0, 0.05) is 25.6 Å². The van der Waals surface area contributed by atoms with E-state index in [0.717, 1.165) is 24.8 Å². The van der Waals surface area contributed by atoms with Gasteiger partial charge in [0.1, 0.15) is 18.5 Å². The van der Waals surface area contributed by atoms with Crippen LogP contribution in [0.25, 0.3) is 0 Å². The number of ether oxygens (including phenoxy) is 3. The zero-order chi connectivity index (χ0) is 23.1. The van der Waals surface area contributed by atoms with Gasteiger partial charge < -0.3 is 24.6 Å². The first-order valence-corrected chi connectivity index (χ1v) is 11.1. The number of carboxylic acids is 1. The van der Waals surface area contributed by atoms with Gasteiger partial charge in [0.25, 0.3) is 0 Å². The lowest BCUT2D eigenvalue weighted by atomic mass is 9.75. The molecule has 0 spiro atoms. The topological polar surface area (TPSA) is 77.0 Å². The summed E-state index contributed by atoms with van der Waals surface area (Å²) in [6.07, 6.45) is 3.22. The number of rotatable bonds is 12. The van der Waals surface area contributed by atoms with Gasteiger partial charge in [-0.1, -0.05) is 23.7 Å². The fraction of sp³-hybridized carbons (Fsp3) is 0.458. The predicted octanol–water partition coefficient (Wildman–Crippen LogP) is 4.96. The second-order valence-electron chi connectivity index (χ2n) is 7.92. The van der Waals surface area contributed by atoms with Crippen LogP contribution in [0.4, 0.5) is 4.39 Å². The van der Waals surface area contributed by atoms with E-state index in [4.69, 9.17) is 25.8 Å². The van der Waals surface area contributed by atoms with Crippen molar-refractivity contribution in [3.05, 3.63) is 58.4 Å². The molecule has 2 N–H and O–H groups in total. The molecule has 0 heterocycles. The second kappa shape index (κ2) is 11.0. The number of hydrogen-bond donors (Lipinski definition) is 2. The van der Waals surface area contributed by atoms with Crippen molar-refractivity contribution >= 4 is 17.6 Å². The molecular weight excluding hydrogens is 437 g/mol. The van der Waals surface area contributed by atoms with Crippen LogP contribution in [-0.2, 0) is 22.7 Å². The highest BCUT2D eigenvalue weighted by atomic mass is 35.5. The van der Waals surface area contributed by atoms with Crippen LogP contribution in [0.1, 0.15) is 43.7 Å². The first-order chi connectivity index (χ1) is 15.4. The Balaban J connectivity index is 1.67. The molecule has 3 rings (SSSR count). The Morgan fingerprint density at radius 2 is 2.03 bits per heavy atom. The summed E-state index contributed by atoms with van der Waals surface area (Å²) < 4.78 is 31.1. The van der Waals surface area contributed by atoms with Crippen molar-refractivity contribution in [2.24, 2.45) is 0 Å². The third kappa shape index (κ3) is 5.91. The van der Waals surface area contributed by atoms with Gasteiger partial charge in [-0.25, -0.2) is 4.39 Å². The van der Waals surface area contributed by atoms with E-state index in [-0.39, 0.29) is 17.8 Å². The van der Waals surface area contributed by atoms with E-state index in [0.29, 0.717) is 36.1 Å². The second-order valence-corrected chi connectivity index (χ2v) is 8.33. The summed E-state index contributed by atoms with van der Waals surface area (Å²) >= 11 is 6.07. The highest BCUT2D eigenvalue weighted by Crippen LogP contribution is 2.39. The van der Waals surface area contributed by atoms with Crippen LogP contribution in [0.5, 0.6) is 11.5 Å². The average molecular weight is 466 g/mol. The third-order valence-corrected chi connectivity index (χ3v) is 6.22. The van der Waals surface area contributed by atoms with E-state index in [2.05, 4.69) is 5.32 Å². The molecule has 8 heteroatoms. The fourth-order valence-corrected chi connectivity index (χ4v) is 4.01. The van der Waals surface area contributed by atoms with Crippen molar-refractivity contribution in [3.8, 4) is 11.5 Å². The third-order valence-electron chi connectivity index (χ3n) is 5.87. The molecule has 2 aromatic rings. The molecule has 0 aliphatic heterocycles. The van der Waals surface area contributed by atoms with Gasteiger partial charge in [0.15, 0.2) is 11.5 Å². The van der Waals surface area contributed by atoms with Crippen LogP contribution < -0.4 is 14.8 Å². The lowest BCUT2D eigenvalue weighted by Crippen LogP contribution is -2.48. The molecule has 6 nitrogen and oxygen atoms in total. The Bertz CT molecular complexity index is 909. The minimum Gasteiger partial charge on any atom is -0.490 e. The van der Waals surface area contributed by atoms with E-state index in [1.807, 2.05) is 13.0 Å². The van der Waals surface area contributed by atoms with E-state index in [1.165, 1.54) is 6.07 Å². The number of nitrogens with one attached hydrogen (secondary N) is 1. The fourth-order valence-electron chi connectivity index (χ4n) is 3.79. The molecule has 1 aliphatic carbocycles. The molecule has 1 aliphatic rings. The van der Waals surface area contributed by atoms with Crippen LogP contribution >= 0.6 is 11.6 Å². The van der Waals surface area contributed by atoms with Crippen molar-refractivity contribution in [2.75, 3.05) is 13.7 Å². The van der Waals surface area contributed by atoms with Crippen molar-refractivity contribution in [2.45, 2.75) is 57.4 Å². The maximum Gasteiger partial charge on any atom is 0.320 e. The maximum atomic E-state index is 14.0. The van der Waals surface area contributed by atoms with Gasteiger partial charge in [0.05, 0.1) is 17.2 Å².